The van der Waals surface area contributed by atoms with E-state index in [1.165, 1.54) is 21.3 Å². The zero-order valence-electron chi connectivity index (χ0n) is 15.5. The number of nitrogens with zero attached hydrogens (tertiary/aromatic N) is 2. The highest BCUT2D eigenvalue weighted by atomic mass is 32.2. The van der Waals surface area contributed by atoms with E-state index in [0.717, 1.165) is 31.5 Å². The third kappa shape index (κ3) is 3.73. The summed E-state index contributed by atoms with van der Waals surface area (Å²) in [7, 11) is -3.73. The van der Waals surface area contributed by atoms with Gasteiger partial charge in [0.05, 0.1) is 16.9 Å². The third-order valence-corrected chi connectivity index (χ3v) is 8.45. The predicted octanol–water partition coefficient (Wildman–Crippen LogP) is 3.65. The molecule has 2 aliphatic rings. The van der Waals surface area contributed by atoms with Gasteiger partial charge in [-0.15, -0.1) is 11.3 Å². The fourth-order valence-electron chi connectivity index (χ4n) is 4.16. The van der Waals surface area contributed by atoms with Crippen molar-refractivity contribution in [2.75, 3.05) is 19.6 Å². The first-order valence-corrected chi connectivity index (χ1v) is 11.9. The Morgan fingerprint density at radius 2 is 1.82 bits per heavy atom. The van der Waals surface area contributed by atoms with Gasteiger partial charge in [0, 0.05) is 24.5 Å². The third-order valence-electron chi connectivity index (χ3n) is 5.59. The van der Waals surface area contributed by atoms with Crippen LogP contribution in [0.2, 0.25) is 0 Å². The number of carbonyl (C=O) groups is 1. The average Bonchev–Trinajstić information content (AvgIpc) is 3.39. The van der Waals surface area contributed by atoms with Gasteiger partial charge >= 0.3 is 0 Å². The molecule has 150 valence electrons. The molecule has 0 saturated carbocycles. The Hall–Kier alpha value is -1.77. The molecular weight excluding hydrogens is 399 g/mol. The molecular formula is C20H23FN2O3S2. The molecule has 0 unspecified atom stereocenters. The summed E-state index contributed by atoms with van der Waals surface area (Å²) in [6.07, 6.45) is 3.27. The lowest BCUT2D eigenvalue weighted by Crippen LogP contribution is -2.46. The number of likely N-dealkylation sites (tertiary alicyclic amines) is 1. The molecule has 28 heavy (non-hydrogen) atoms. The summed E-state index contributed by atoms with van der Waals surface area (Å²) in [4.78, 5) is 16.4. The zero-order valence-corrected chi connectivity index (χ0v) is 17.1. The highest BCUT2D eigenvalue weighted by Crippen LogP contribution is 2.36. The van der Waals surface area contributed by atoms with E-state index in [9.17, 15) is 17.6 Å². The van der Waals surface area contributed by atoms with Gasteiger partial charge in [0.1, 0.15) is 5.82 Å². The minimum Gasteiger partial charge on any atom is -0.335 e. The van der Waals surface area contributed by atoms with Gasteiger partial charge in [0.25, 0.3) is 0 Å². The fourth-order valence-corrected chi connectivity index (χ4v) is 6.56. The first-order valence-electron chi connectivity index (χ1n) is 9.56. The van der Waals surface area contributed by atoms with E-state index in [-0.39, 0.29) is 29.3 Å². The maximum absolute atomic E-state index is 13.2. The Balaban J connectivity index is 1.50. The molecule has 0 spiro atoms. The summed E-state index contributed by atoms with van der Waals surface area (Å²) in [6.45, 7) is 1.30. The molecule has 2 aliphatic heterocycles. The molecule has 0 N–H and O–H groups in total. The minimum atomic E-state index is -3.73. The summed E-state index contributed by atoms with van der Waals surface area (Å²) in [6, 6.07) is 9.03. The van der Waals surface area contributed by atoms with E-state index < -0.39 is 15.8 Å². The summed E-state index contributed by atoms with van der Waals surface area (Å²) >= 11 is 1.66. The van der Waals surface area contributed by atoms with E-state index >= 15 is 0 Å². The van der Waals surface area contributed by atoms with Crippen molar-refractivity contribution in [1.82, 2.24) is 9.21 Å². The normalized spacial score (nSPS) is 23.8. The van der Waals surface area contributed by atoms with Crippen LogP contribution in [0.4, 0.5) is 4.39 Å². The minimum absolute atomic E-state index is 0.0508. The van der Waals surface area contributed by atoms with Crippen LogP contribution in [0.3, 0.4) is 0 Å². The Labute approximate surface area is 168 Å². The van der Waals surface area contributed by atoms with Crippen LogP contribution in [0.1, 0.15) is 36.6 Å². The second kappa shape index (κ2) is 7.93. The van der Waals surface area contributed by atoms with E-state index in [1.54, 1.807) is 11.3 Å². The number of thiophene rings is 1. The van der Waals surface area contributed by atoms with E-state index in [0.29, 0.717) is 19.4 Å². The molecule has 1 amide bonds. The van der Waals surface area contributed by atoms with Crippen molar-refractivity contribution >= 4 is 27.3 Å². The Kier molecular flexibility index (Phi) is 5.53. The first-order chi connectivity index (χ1) is 13.5. The molecule has 2 atom stereocenters. The van der Waals surface area contributed by atoms with Crippen molar-refractivity contribution in [3.63, 3.8) is 0 Å². The molecule has 1 aromatic heterocycles. The maximum Gasteiger partial charge on any atom is 0.243 e. The molecule has 8 heteroatoms. The van der Waals surface area contributed by atoms with Gasteiger partial charge in [-0.25, -0.2) is 12.8 Å². The summed E-state index contributed by atoms with van der Waals surface area (Å²) < 4.78 is 40.4. The lowest BCUT2D eigenvalue weighted by atomic mass is 9.97. The van der Waals surface area contributed by atoms with Crippen molar-refractivity contribution in [2.24, 2.45) is 5.92 Å². The Morgan fingerprint density at radius 1 is 1.07 bits per heavy atom. The van der Waals surface area contributed by atoms with Crippen LogP contribution in [-0.2, 0) is 14.8 Å². The number of amides is 1. The van der Waals surface area contributed by atoms with Crippen LogP contribution in [0.15, 0.2) is 46.7 Å². The molecule has 1 aromatic carbocycles. The van der Waals surface area contributed by atoms with Gasteiger partial charge in [-0.05, 0) is 61.4 Å². The van der Waals surface area contributed by atoms with Gasteiger partial charge in [0.15, 0.2) is 0 Å². The Morgan fingerprint density at radius 3 is 2.54 bits per heavy atom. The number of halogens is 1. The number of rotatable bonds is 4. The summed E-state index contributed by atoms with van der Waals surface area (Å²) in [5.41, 5.74) is 0. The second-order valence-electron chi connectivity index (χ2n) is 7.36. The van der Waals surface area contributed by atoms with Crippen LogP contribution in [0.25, 0.3) is 0 Å². The highest BCUT2D eigenvalue weighted by Gasteiger charge is 2.38. The van der Waals surface area contributed by atoms with Crippen molar-refractivity contribution in [3.8, 4) is 0 Å². The van der Waals surface area contributed by atoms with Crippen LogP contribution in [-0.4, -0.2) is 43.2 Å². The van der Waals surface area contributed by atoms with Crippen molar-refractivity contribution in [3.05, 3.63) is 52.5 Å². The molecule has 4 rings (SSSR count). The second-order valence-corrected chi connectivity index (χ2v) is 10.3. The molecule has 0 bridgehead atoms. The lowest BCUT2D eigenvalue weighted by molar-refractivity contribution is -0.137. The van der Waals surface area contributed by atoms with Crippen molar-refractivity contribution in [2.45, 2.75) is 36.6 Å². The predicted molar refractivity (Wildman–Crippen MR) is 106 cm³/mol. The van der Waals surface area contributed by atoms with Crippen LogP contribution in [0.5, 0.6) is 0 Å². The van der Waals surface area contributed by atoms with Crippen molar-refractivity contribution in [1.29, 1.82) is 0 Å². The maximum atomic E-state index is 13.2. The summed E-state index contributed by atoms with van der Waals surface area (Å²) in [5, 5.41) is 2.02. The number of piperidine rings is 1. The SMILES string of the molecule is O=C([C@@H]1CCCN(S(=O)(=O)c2ccc(F)cc2)C1)N1CCC[C@H]1c1cccs1. The monoisotopic (exact) mass is 422 g/mol. The van der Waals surface area contributed by atoms with Crippen molar-refractivity contribution < 1.29 is 17.6 Å². The first kappa shape index (κ1) is 19.5. The van der Waals surface area contributed by atoms with Crippen LogP contribution >= 0.6 is 11.3 Å². The lowest BCUT2D eigenvalue weighted by Gasteiger charge is -2.35. The van der Waals surface area contributed by atoms with E-state index in [1.807, 2.05) is 16.3 Å². The number of carbonyl (C=O) groups excluding carboxylic acids is 1. The topological polar surface area (TPSA) is 57.7 Å². The Bertz CT molecular complexity index is 929. The quantitative estimate of drug-likeness (QED) is 0.756. The van der Waals surface area contributed by atoms with Gasteiger partial charge in [-0.2, -0.15) is 4.31 Å². The van der Waals surface area contributed by atoms with E-state index in [2.05, 4.69) is 6.07 Å². The van der Waals surface area contributed by atoms with Gasteiger partial charge in [0.2, 0.25) is 15.9 Å². The molecule has 2 aromatic rings. The number of sulfonamides is 1. The molecule has 2 fully saturated rings. The zero-order chi connectivity index (χ0) is 19.7. The molecule has 0 radical (unpaired) electrons. The van der Waals surface area contributed by atoms with Gasteiger partial charge < -0.3 is 4.90 Å². The standard InChI is InChI=1S/C20H23FN2O3S2/c21-16-7-9-17(10-8-16)28(25,26)22-11-1-4-15(14-22)20(24)23-12-2-5-18(23)19-6-3-13-27-19/h3,6-10,13,15,18H,1-2,4-5,11-12,14H2/t15-,18+/m1/s1. The summed E-state index contributed by atoms with van der Waals surface area (Å²) in [5.74, 6) is -0.751. The van der Waals surface area contributed by atoms with Crippen LogP contribution in [0, 0.1) is 11.7 Å². The highest BCUT2D eigenvalue weighted by molar-refractivity contribution is 7.89. The largest absolute Gasteiger partial charge is 0.335 e. The van der Waals surface area contributed by atoms with Crippen LogP contribution < -0.4 is 0 Å². The smallest absolute Gasteiger partial charge is 0.243 e. The van der Waals surface area contributed by atoms with Gasteiger partial charge in [-0.3, -0.25) is 4.79 Å². The number of hydrogen-bond acceptors (Lipinski definition) is 4. The average molecular weight is 423 g/mol. The van der Waals surface area contributed by atoms with Gasteiger partial charge in [-0.1, -0.05) is 6.07 Å². The van der Waals surface area contributed by atoms with E-state index in [4.69, 9.17) is 0 Å². The number of hydrogen-bond donors (Lipinski definition) is 0. The molecule has 5 nitrogen and oxygen atoms in total. The fraction of sp³-hybridized carbons (Fsp3) is 0.450. The molecule has 3 heterocycles. The number of benzene rings is 1. The molecule has 2 saturated heterocycles. The molecule has 0 aliphatic carbocycles.